The molecule has 0 unspecified atom stereocenters. The van der Waals surface area contributed by atoms with E-state index >= 15 is 0 Å². The first kappa shape index (κ1) is 57.4. The monoisotopic (exact) mass is 1100 g/mol. The SMILES string of the molecule is CCOC(=O)c1[nH]c2c(-c3c(COC(C)C)nn(C)c3CO)cccc2c1CCCOc1cccc2ccccc12.CCOCc1nn(C)c(CO)c1-c1cccc2c(CCCOc3cccc4ccccc34)c(C(=O)OCC)[nH]c12. The Morgan fingerprint density at radius 3 is 1.40 bits per heavy atom. The summed E-state index contributed by atoms with van der Waals surface area (Å²) in [5.41, 5.74) is 10.4. The van der Waals surface area contributed by atoms with E-state index in [0.717, 1.165) is 99.6 Å². The Balaban J connectivity index is 0.000000196. The number of nitrogens with zero attached hydrogens (tertiary/aromatic N) is 4. The molecule has 10 aromatic rings. The third kappa shape index (κ3) is 12.5. The molecule has 0 radical (unpaired) electrons. The van der Waals surface area contributed by atoms with Crippen molar-refractivity contribution in [3.63, 3.8) is 0 Å². The summed E-state index contributed by atoms with van der Waals surface area (Å²) in [5.74, 6) is 0.910. The number of fused-ring (bicyclic) bond motifs is 4. The van der Waals surface area contributed by atoms with Gasteiger partial charge in [-0.1, -0.05) is 109 Å². The molecule has 0 amide bonds. The zero-order chi connectivity index (χ0) is 57.0. The van der Waals surface area contributed by atoms with Crippen molar-refractivity contribution in [2.24, 2.45) is 14.1 Å². The van der Waals surface area contributed by atoms with Crippen LogP contribution in [0.5, 0.6) is 11.5 Å². The van der Waals surface area contributed by atoms with Crippen LogP contribution in [-0.2, 0) is 72.3 Å². The minimum atomic E-state index is -0.392. The molecule has 0 saturated carbocycles. The minimum Gasteiger partial charge on any atom is -0.493 e. The average molecular weight is 1100 g/mol. The average Bonchev–Trinajstić information content (AvgIpc) is 4.40. The third-order valence-corrected chi connectivity index (χ3v) is 14.3. The Morgan fingerprint density at radius 2 is 0.963 bits per heavy atom. The van der Waals surface area contributed by atoms with Gasteiger partial charge in [0.05, 0.1) is 92.8 Å². The number of aliphatic hydroxyl groups excluding tert-OH is 2. The van der Waals surface area contributed by atoms with E-state index in [0.29, 0.717) is 81.5 Å². The molecule has 10 rings (SSSR count). The second-order valence-corrected chi connectivity index (χ2v) is 19.8. The summed E-state index contributed by atoms with van der Waals surface area (Å²) in [6.45, 7) is 11.9. The molecule has 16 heteroatoms. The van der Waals surface area contributed by atoms with Gasteiger partial charge in [0, 0.05) is 64.5 Å². The number of carbonyl (C=O) groups is 2. The van der Waals surface area contributed by atoms with Gasteiger partial charge in [0.2, 0.25) is 0 Å². The zero-order valence-electron chi connectivity index (χ0n) is 47.3. The Kier molecular flexibility index (Phi) is 19.0. The Labute approximate surface area is 471 Å². The first-order valence-corrected chi connectivity index (χ1v) is 27.8. The van der Waals surface area contributed by atoms with Crippen LogP contribution >= 0.6 is 0 Å². The second-order valence-electron chi connectivity index (χ2n) is 19.8. The van der Waals surface area contributed by atoms with Crippen molar-refractivity contribution in [2.75, 3.05) is 33.0 Å². The van der Waals surface area contributed by atoms with Gasteiger partial charge in [-0.15, -0.1) is 0 Å². The maximum Gasteiger partial charge on any atom is 0.355 e. The van der Waals surface area contributed by atoms with Crippen LogP contribution in [0.15, 0.2) is 121 Å². The van der Waals surface area contributed by atoms with Crippen molar-refractivity contribution < 1.29 is 48.2 Å². The van der Waals surface area contributed by atoms with Crippen LogP contribution in [0.1, 0.15) is 102 Å². The van der Waals surface area contributed by atoms with Gasteiger partial charge in [-0.05, 0) is 94.3 Å². The summed E-state index contributed by atoms with van der Waals surface area (Å²) in [7, 11) is 3.62. The van der Waals surface area contributed by atoms with Crippen molar-refractivity contribution in [2.45, 2.75) is 92.8 Å². The fourth-order valence-corrected chi connectivity index (χ4v) is 10.6. The molecule has 16 nitrogen and oxygen atoms in total. The highest BCUT2D eigenvalue weighted by Gasteiger charge is 2.27. The second kappa shape index (κ2) is 26.8. The van der Waals surface area contributed by atoms with Crippen molar-refractivity contribution in [1.29, 1.82) is 0 Å². The number of rotatable bonds is 24. The number of aryl methyl sites for hydroxylation is 4. The van der Waals surface area contributed by atoms with Gasteiger partial charge >= 0.3 is 11.9 Å². The Hall–Kier alpha value is -8.28. The van der Waals surface area contributed by atoms with Crippen molar-refractivity contribution >= 4 is 55.3 Å². The van der Waals surface area contributed by atoms with E-state index < -0.39 is 11.9 Å². The number of esters is 2. The lowest BCUT2D eigenvalue weighted by atomic mass is 9.98. The first-order chi connectivity index (χ1) is 39.5. The summed E-state index contributed by atoms with van der Waals surface area (Å²) in [6, 6.07) is 40.3. The summed E-state index contributed by atoms with van der Waals surface area (Å²) >= 11 is 0. The van der Waals surface area contributed by atoms with E-state index in [1.807, 2.05) is 120 Å². The van der Waals surface area contributed by atoms with Gasteiger partial charge in [0.1, 0.15) is 22.9 Å². The number of benzene rings is 6. The number of aliphatic hydroxyl groups is 2. The van der Waals surface area contributed by atoms with Gasteiger partial charge in [-0.2, -0.15) is 10.2 Å². The van der Waals surface area contributed by atoms with Gasteiger partial charge in [0.15, 0.2) is 0 Å². The molecule has 0 saturated heterocycles. The van der Waals surface area contributed by atoms with E-state index in [4.69, 9.17) is 28.4 Å². The van der Waals surface area contributed by atoms with Crippen LogP contribution in [0.25, 0.3) is 65.6 Å². The van der Waals surface area contributed by atoms with Crippen LogP contribution in [-0.4, -0.2) is 90.8 Å². The van der Waals surface area contributed by atoms with E-state index in [1.165, 1.54) is 0 Å². The number of aromatic amines is 2. The summed E-state index contributed by atoms with van der Waals surface area (Å²) < 4.78 is 38.1. The number of ether oxygens (including phenoxy) is 6. The highest BCUT2D eigenvalue weighted by atomic mass is 16.5. The predicted molar refractivity (Wildman–Crippen MR) is 316 cm³/mol. The number of nitrogens with one attached hydrogen (secondary N) is 2. The highest BCUT2D eigenvalue weighted by molar-refractivity contribution is 6.05. The summed E-state index contributed by atoms with van der Waals surface area (Å²) in [4.78, 5) is 32.9. The molecule has 0 bridgehead atoms. The van der Waals surface area contributed by atoms with Crippen LogP contribution in [0, 0.1) is 0 Å². The molecule has 422 valence electrons. The van der Waals surface area contributed by atoms with Gasteiger partial charge in [-0.25, -0.2) is 9.59 Å². The molecule has 0 spiro atoms. The number of carbonyl (C=O) groups excluding carboxylic acids is 2. The predicted octanol–water partition coefficient (Wildman–Crippen LogP) is 12.3. The topological polar surface area (TPSA) is 197 Å². The molecule has 0 fully saturated rings. The van der Waals surface area contributed by atoms with Crippen LogP contribution in [0.2, 0.25) is 0 Å². The number of aromatic nitrogens is 6. The third-order valence-electron chi connectivity index (χ3n) is 14.3. The molecule has 81 heavy (non-hydrogen) atoms. The number of para-hydroxylation sites is 2. The molecule has 0 aliphatic rings. The molecular formula is C65H72N6O10. The van der Waals surface area contributed by atoms with Crippen LogP contribution in [0.3, 0.4) is 0 Å². The van der Waals surface area contributed by atoms with Crippen molar-refractivity contribution in [1.82, 2.24) is 29.5 Å². The normalized spacial score (nSPS) is 11.5. The van der Waals surface area contributed by atoms with Gasteiger partial charge in [-0.3, -0.25) is 9.36 Å². The maximum absolute atomic E-state index is 13.1. The smallest absolute Gasteiger partial charge is 0.355 e. The van der Waals surface area contributed by atoms with E-state index in [1.54, 1.807) is 23.2 Å². The molecule has 4 N–H and O–H groups in total. The van der Waals surface area contributed by atoms with Crippen molar-refractivity contribution in [3.8, 4) is 33.8 Å². The van der Waals surface area contributed by atoms with Gasteiger partial charge in [0.25, 0.3) is 0 Å². The van der Waals surface area contributed by atoms with Crippen LogP contribution in [0.4, 0.5) is 0 Å². The summed E-state index contributed by atoms with van der Waals surface area (Å²) in [6.07, 6.45) is 2.67. The largest absolute Gasteiger partial charge is 0.493 e. The summed E-state index contributed by atoms with van der Waals surface area (Å²) in [5, 5.41) is 36.0. The van der Waals surface area contributed by atoms with Gasteiger partial charge < -0.3 is 48.6 Å². The molecule has 4 heterocycles. The minimum absolute atomic E-state index is 0.0295. The van der Waals surface area contributed by atoms with Crippen molar-refractivity contribution in [3.05, 3.63) is 167 Å². The highest BCUT2D eigenvalue weighted by Crippen LogP contribution is 2.39. The fraction of sp³-hybridized carbons (Fsp3) is 0.323. The molecule has 0 atom stereocenters. The fourth-order valence-electron chi connectivity index (χ4n) is 10.6. The first-order valence-electron chi connectivity index (χ1n) is 27.8. The van der Waals surface area contributed by atoms with E-state index in [9.17, 15) is 19.8 Å². The number of hydrogen-bond donors (Lipinski definition) is 4. The standard InChI is InChI=1S/C33H37N3O5.C32H35N3O5/c1-5-39-33(38)32-25(16-10-18-40-29-17-8-12-22-11-6-7-13-23(22)29)24-14-9-15-26(31(24)34-32)30-27(20-41-21(2)3)35-36(4)28(30)19-37;1-4-38-20-26-29(27(19-36)35(3)34-26)25-15-9-14-23-24(31(33-30(23)25)32(37)39-5-2)16-10-18-40-28-17-8-12-21-11-6-7-13-22(21)28/h6-9,11-15,17,21,34,37H,5,10,16,18-20H2,1-4H3;6-9,11-15,17,33,36H,4-5,10,16,18-20H2,1-3H3. The Bertz CT molecular complexity index is 3780. The molecule has 0 aliphatic heterocycles. The maximum atomic E-state index is 13.1. The zero-order valence-corrected chi connectivity index (χ0v) is 47.3. The Morgan fingerprint density at radius 1 is 0.543 bits per heavy atom. The quantitative estimate of drug-likeness (QED) is 0.0330. The lowest BCUT2D eigenvalue weighted by molar-refractivity contribution is 0.0509. The van der Waals surface area contributed by atoms with Crippen LogP contribution < -0.4 is 9.47 Å². The molecular weight excluding hydrogens is 1020 g/mol. The molecule has 0 aliphatic carbocycles. The number of H-pyrrole nitrogens is 2. The van der Waals surface area contributed by atoms with E-state index in [2.05, 4.69) is 56.6 Å². The number of hydrogen-bond acceptors (Lipinski definition) is 12. The van der Waals surface area contributed by atoms with E-state index in [-0.39, 0.29) is 32.5 Å². The molecule has 6 aromatic carbocycles. The molecule has 4 aromatic heterocycles. The lowest BCUT2D eigenvalue weighted by Gasteiger charge is -2.10. The lowest BCUT2D eigenvalue weighted by Crippen LogP contribution is -2.09.